The van der Waals surface area contributed by atoms with Gasteiger partial charge >= 0.3 is 7.60 Å². The van der Waals surface area contributed by atoms with E-state index in [1.807, 2.05) is 21.1 Å². The van der Waals surface area contributed by atoms with Gasteiger partial charge in [0.25, 0.3) is 0 Å². The molecule has 0 aromatic heterocycles. The van der Waals surface area contributed by atoms with Gasteiger partial charge in [-0.3, -0.25) is 4.57 Å². The molecule has 184 valence electrons. The van der Waals surface area contributed by atoms with Crippen molar-refractivity contribution in [1.29, 1.82) is 0 Å². The minimum Gasteiger partial charge on any atom is -0.373 e. The first-order valence-corrected chi connectivity index (χ1v) is 14.0. The Labute approximate surface area is 192 Å². The molecule has 5 nitrogen and oxygen atoms in total. The van der Waals surface area contributed by atoms with Gasteiger partial charge < -0.3 is 19.4 Å². The Morgan fingerprint density at radius 1 is 0.710 bits per heavy atom. The smallest absolute Gasteiger partial charge is 0.362 e. The average molecular weight is 461 g/mol. The molecule has 0 bridgehead atoms. The van der Waals surface area contributed by atoms with Crippen LogP contribution >= 0.6 is 7.60 Å². The van der Waals surface area contributed by atoms with Gasteiger partial charge in [0.15, 0.2) is 0 Å². The summed E-state index contributed by atoms with van der Waals surface area (Å²) in [5, 5.41) is 8.57. The zero-order chi connectivity index (χ0) is 23.6. The summed E-state index contributed by atoms with van der Waals surface area (Å²) >= 11 is 0. The molecule has 0 saturated heterocycles. The number of unbranched alkanes of at least 4 members (excludes halogenated alkanes) is 11. The number of hydrogen-bond acceptors (Lipinski definition) is 2. The van der Waals surface area contributed by atoms with Gasteiger partial charge in [-0.25, -0.2) is 0 Å². The third kappa shape index (κ3) is 17.7. The molecule has 0 amide bonds. The summed E-state index contributed by atoms with van der Waals surface area (Å²) < 4.78 is 12.1. The topological polar surface area (TPSA) is 77.8 Å². The first-order chi connectivity index (χ1) is 14.5. The average Bonchev–Trinajstić information content (AvgIpc) is 2.65. The summed E-state index contributed by atoms with van der Waals surface area (Å²) in [6, 6.07) is 0. The molecule has 1 atom stereocenters. The van der Waals surface area contributed by atoms with Crippen molar-refractivity contribution in [2.45, 2.75) is 109 Å². The molecule has 0 radical (unpaired) electrons. The zero-order valence-corrected chi connectivity index (χ0v) is 21.7. The van der Waals surface area contributed by atoms with Gasteiger partial charge in [0.1, 0.15) is 6.54 Å². The predicted molar refractivity (Wildman–Crippen MR) is 133 cm³/mol. The lowest BCUT2D eigenvalue weighted by molar-refractivity contribution is -0.875. The summed E-state index contributed by atoms with van der Waals surface area (Å²) in [6.45, 7) is 2.29. The Hall–Kier alpha value is -0.450. The maximum Gasteiger partial charge on any atom is 0.362 e. The fourth-order valence-corrected chi connectivity index (χ4v) is 4.85. The van der Waals surface area contributed by atoms with Crippen LogP contribution in [0.2, 0.25) is 0 Å². The van der Waals surface area contributed by atoms with E-state index in [9.17, 15) is 19.5 Å². The van der Waals surface area contributed by atoms with Crippen molar-refractivity contribution in [2.75, 3.05) is 27.7 Å². The van der Waals surface area contributed by atoms with Gasteiger partial charge in [-0.1, -0.05) is 69.8 Å². The molecule has 0 aliphatic heterocycles. The molecule has 3 N–H and O–H groups in total. The Morgan fingerprint density at radius 3 is 1.48 bits per heavy atom. The second-order valence-electron chi connectivity index (χ2n) is 10.0. The monoisotopic (exact) mass is 460 g/mol. The van der Waals surface area contributed by atoms with Crippen LogP contribution in [-0.4, -0.2) is 52.4 Å². The summed E-state index contributed by atoms with van der Waals surface area (Å²) in [5.41, 5.74) is 0. The Morgan fingerprint density at radius 2 is 1.10 bits per heavy atom. The van der Waals surface area contributed by atoms with Crippen molar-refractivity contribution >= 4 is 7.60 Å². The van der Waals surface area contributed by atoms with E-state index >= 15 is 0 Å². The van der Waals surface area contributed by atoms with E-state index in [4.69, 9.17) is 0 Å². The molecule has 0 aromatic rings. The van der Waals surface area contributed by atoms with Crippen LogP contribution in [0.5, 0.6) is 0 Å². The minimum atomic E-state index is -4.57. The van der Waals surface area contributed by atoms with E-state index < -0.39 is 12.9 Å². The van der Waals surface area contributed by atoms with E-state index in [-0.39, 0.29) is 13.0 Å². The van der Waals surface area contributed by atoms with Crippen LogP contribution in [0.1, 0.15) is 103 Å². The minimum absolute atomic E-state index is 0.0374. The molecule has 0 fully saturated rings. The molecular formula is C25H51NO4P+. The highest BCUT2D eigenvalue weighted by molar-refractivity contribution is 7.53. The van der Waals surface area contributed by atoms with Crippen LogP contribution in [0, 0.1) is 0 Å². The first-order valence-electron chi connectivity index (χ1n) is 12.4. The normalized spacial score (nSPS) is 15.2. The number of hydrogen-bond donors (Lipinski definition) is 3. The standard InChI is InChI=1S/C25H50NO4P/c1-5-6-7-8-9-10-11-12-13-14-15-16-17-18-19-20-21-22-23-25(27,31(28,29)30)24-26(2,3)4/h10-11,19-20,27H,5-9,12-18,21-24H2,1-4H3,(H-,28,29,30)/p+1/b11-10-,20-19-. The van der Waals surface area contributed by atoms with Crippen molar-refractivity contribution in [1.82, 2.24) is 0 Å². The number of aliphatic hydroxyl groups is 1. The fraction of sp³-hybridized carbons (Fsp3) is 0.840. The van der Waals surface area contributed by atoms with E-state index in [2.05, 4.69) is 31.2 Å². The van der Waals surface area contributed by atoms with Crippen LogP contribution in [0.15, 0.2) is 24.3 Å². The molecule has 0 rings (SSSR count). The van der Waals surface area contributed by atoms with Gasteiger partial charge in [-0.2, -0.15) is 0 Å². The third-order valence-electron chi connectivity index (χ3n) is 5.52. The maximum absolute atomic E-state index is 11.8. The van der Waals surface area contributed by atoms with E-state index in [0.29, 0.717) is 10.9 Å². The van der Waals surface area contributed by atoms with Crippen LogP contribution in [-0.2, 0) is 4.57 Å². The van der Waals surface area contributed by atoms with Crippen molar-refractivity contribution in [2.24, 2.45) is 0 Å². The Kier molecular flexibility index (Phi) is 16.8. The predicted octanol–water partition coefficient (Wildman–Crippen LogP) is 6.54. The van der Waals surface area contributed by atoms with Crippen LogP contribution < -0.4 is 0 Å². The quantitative estimate of drug-likeness (QED) is 0.0834. The number of allylic oxidation sites excluding steroid dienone is 4. The zero-order valence-electron chi connectivity index (χ0n) is 20.8. The Bertz CT molecular complexity index is 536. The van der Waals surface area contributed by atoms with Gasteiger partial charge in [-0.05, 0) is 57.8 Å². The second kappa shape index (κ2) is 17.1. The van der Waals surface area contributed by atoms with E-state index in [1.165, 1.54) is 70.6 Å². The van der Waals surface area contributed by atoms with Crippen LogP contribution in [0.25, 0.3) is 0 Å². The van der Waals surface area contributed by atoms with Crippen molar-refractivity contribution < 1.29 is 23.9 Å². The second-order valence-corrected chi connectivity index (χ2v) is 11.9. The van der Waals surface area contributed by atoms with Crippen molar-refractivity contribution in [3.8, 4) is 0 Å². The van der Waals surface area contributed by atoms with E-state index in [1.54, 1.807) is 0 Å². The molecule has 31 heavy (non-hydrogen) atoms. The van der Waals surface area contributed by atoms with Gasteiger partial charge in [0.2, 0.25) is 5.34 Å². The lowest BCUT2D eigenvalue weighted by Crippen LogP contribution is -2.49. The maximum atomic E-state index is 11.8. The molecule has 1 unspecified atom stereocenters. The number of nitrogens with zero attached hydrogens (tertiary/aromatic N) is 1. The van der Waals surface area contributed by atoms with Gasteiger partial charge in [0, 0.05) is 0 Å². The fourth-order valence-electron chi connectivity index (χ4n) is 3.79. The molecule has 0 aromatic carbocycles. The number of likely N-dealkylation sites (N-methyl/N-ethyl adjacent to an activating group) is 1. The summed E-state index contributed by atoms with van der Waals surface area (Å²) in [5.74, 6) is 0. The molecule has 0 saturated carbocycles. The van der Waals surface area contributed by atoms with Crippen LogP contribution in [0.3, 0.4) is 0 Å². The van der Waals surface area contributed by atoms with E-state index in [0.717, 1.165) is 12.8 Å². The largest absolute Gasteiger partial charge is 0.373 e. The summed E-state index contributed by atoms with van der Waals surface area (Å²) in [6.07, 6.45) is 25.6. The molecule has 0 heterocycles. The highest BCUT2D eigenvalue weighted by Crippen LogP contribution is 2.52. The molecule has 0 spiro atoms. The lowest BCUT2D eigenvalue weighted by Gasteiger charge is -2.35. The summed E-state index contributed by atoms with van der Waals surface area (Å²) in [7, 11) is 0.914. The highest BCUT2D eigenvalue weighted by Gasteiger charge is 2.48. The van der Waals surface area contributed by atoms with Crippen LogP contribution in [0.4, 0.5) is 0 Å². The molecular weight excluding hydrogens is 409 g/mol. The molecule has 0 aliphatic rings. The molecule has 6 heteroatoms. The highest BCUT2D eigenvalue weighted by atomic mass is 31.2. The SMILES string of the molecule is CCCCCC/C=C\CCCCCCC/C=C\CCCC(O)(C[N+](C)(C)C)P(=O)(O)O. The lowest BCUT2D eigenvalue weighted by atomic mass is 10.1. The van der Waals surface area contributed by atoms with Crippen molar-refractivity contribution in [3.05, 3.63) is 24.3 Å². The Balaban J connectivity index is 3.73. The van der Waals surface area contributed by atoms with Crippen molar-refractivity contribution in [3.63, 3.8) is 0 Å². The summed E-state index contributed by atoms with van der Waals surface area (Å²) in [4.78, 5) is 19.1. The number of quaternary nitrogens is 1. The molecule has 0 aliphatic carbocycles. The van der Waals surface area contributed by atoms with Gasteiger partial charge in [0.05, 0.1) is 21.1 Å². The first kappa shape index (κ1) is 30.6. The third-order valence-corrected chi connectivity index (χ3v) is 6.97. The number of rotatable bonds is 20. The van der Waals surface area contributed by atoms with Gasteiger partial charge in [-0.15, -0.1) is 0 Å².